The van der Waals surface area contributed by atoms with E-state index in [-0.39, 0.29) is 31.7 Å². The quantitative estimate of drug-likeness (QED) is 0.718. The molecule has 8 heteroatoms. The summed E-state index contributed by atoms with van der Waals surface area (Å²) >= 11 is 0. The third-order valence-corrected chi connectivity index (χ3v) is 5.09. The molecule has 1 aliphatic rings. The van der Waals surface area contributed by atoms with Gasteiger partial charge >= 0.3 is 18.2 Å². The zero-order valence-corrected chi connectivity index (χ0v) is 19.0. The summed E-state index contributed by atoms with van der Waals surface area (Å²) in [6.45, 7) is 9.44. The van der Waals surface area contributed by atoms with Crippen LogP contribution in [0.25, 0.3) is 0 Å². The molecule has 31 heavy (non-hydrogen) atoms. The number of ether oxygens (including phenoxy) is 2. The van der Waals surface area contributed by atoms with Gasteiger partial charge in [0, 0.05) is 18.6 Å². The van der Waals surface area contributed by atoms with Crippen molar-refractivity contribution in [2.45, 2.75) is 84.2 Å². The van der Waals surface area contributed by atoms with Crippen molar-refractivity contribution in [3.05, 3.63) is 35.9 Å². The van der Waals surface area contributed by atoms with Crippen molar-refractivity contribution < 1.29 is 29.0 Å². The van der Waals surface area contributed by atoms with Crippen LogP contribution in [0.4, 0.5) is 9.59 Å². The zero-order chi connectivity index (χ0) is 23.2. The summed E-state index contributed by atoms with van der Waals surface area (Å²) in [6.07, 6.45) is -0.137. The Morgan fingerprint density at radius 2 is 1.81 bits per heavy atom. The Kier molecular flexibility index (Phi) is 8.30. The Morgan fingerprint density at radius 1 is 1.16 bits per heavy atom. The van der Waals surface area contributed by atoms with Gasteiger partial charge in [0.25, 0.3) is 0 Å². The van der Waals surface area contributed by atoms with E-state index in [0.29, 0.717) is 12.8 Å². The van der Waals surface area contributed by atoms with Crippen molar-refractivity contribution >= 4 is 18.2 Å². The molecule has 0 spiro atoms. The highest BCUT2D eigenvalue weighted by Gasteiger charge is 2.39. The van der Waals surface area contributed by atoms with Gasteiger partial charge in [0.15, 0.2) is 0 Å². The molecule has 1 unspecified atom stereocenters. The average molecular weight is 435 g/mol. The van der Waals surface area contributed by atoms with Gasteiger partial charge in [-0.1, -0.05) is 30.3 Å². The lowest BCUT2D eigenvalue weighted by molar-refractivity contribution is -0.138. The second-order valence-corrected chi connectivity index (χ2v) is 9.16. The summed E-state index contributed by atoms with van der Waals surface area (Å²) in [4.78, 5) is 40.1. The molecule has 0 radical (unpaired) electrons. The summed E-state index contributed by atoms with van der Waals surface area (Å²) in [7, 11) is 0. The standard InChI is InChI=1S/C23H34N2O6/c1-16(2)25(22(29)30-15-17-9-7-6-8-10-17)19-12-11-18(13-20(26)27)24(14-19)21(28)31-23(3,4)5/h6-10,16,18-19H,11-15H2,1-5H3,(H,26,27)/t18?,19-/m1/s1. The Labute approximate surface area is 184 Å². The van der Waals surface area contributed by atoms with Crippen LogP contribution in [-0.4, -0.2) is 63.3 Å². The van der Waals surface area contributed by atoms with Crippen LogP contribution < -0.4 is 0 Å². The molecule has 1 aromatic carbocycles. The van der Waals surface area contributed by atoms with Crippen molar-refractivity contribution in [3.8, 4) is 0 Å². The van der Waals surface area contributed by atoms with Gasteiger partial charge in [0.1, 0.15) is 12.2 Å². The van der Waals surface area contributed by atoms with Crippen LogP contribution in [0.15, 0.2) is 30.3 Å². The Bertz CT molecular complexity index is 759. The zero-order valence-electron chi connectivity index (χ0n) is 19.0. The van der Waals surface area contributed by atoms with Crippen molar-refractivity contribution in [2.24, 2.45) is 0 Å². The van der Waals surface area contributed by atoms with Crippen molar-refractivity contribution in [3.63, 3.8) is 0 Å². The number of carbonyl (C=O) groups is 3. The van der Waals surface area contributed by atoms with E-state index in [4.69, 9.17) is 9.47 Å². The maximum atomic E-state index is 12.9. The fraction of sp³-hybridized carbons (Fsp3) is 0.609. The largest absolute Gasteiger partial charge is 0.481 e. The fourth-order valence-corrected chi connectivity index (χ4v) is 3.77. The van der Waals surface area contributed by atoms with Gasteiger partial charge in [-0.05, 0) is 53.0 Å². The second-order valence-electron chi connectivity index (χ2n) is 9.16. The van der Waals surface area contributed by atoms with E-state index in [1.54, 1.807) is 25.7 Å². The number of hydrogen-bond acceptors (Lipinski definition) is 5. The van der Waals surface area contributed by atoms with Crippen LogP contribution in [0.5, 0.6) is 0 Å². The van der Waals surface area contributed by atoms with Gasteiger partial charge in [-0.3, -0.25) is 4.79 Å². The minimum atomic E-state index is -0.972. The number of carboxylic acid groups (broad SMARTS) is 1. The van der Waals surface area contributed by atoms with E-state index in [0.717, 1.165) is 5.56 Å². The topological polar surface area (TPSA) is 96.4 Å². The number of carbonyl (C=O) groups excluding carboxylic acids is 2. The lowest BCUT2D eigenvalue weighted by Gasteiger charge is -2.44. The summed E-state index contributed by atoms with van der Waals surface area (Å²) in [5, 5.41) is 9.26. The van der Waals surface area contributed by atoms with Crippen LogP contribution in [0, 0.1) is 0 Å². The van der Waals surface area contributed by atoms with Gasteiger partial charge in [0.05, 0.1) is 12.5 Å². The molecule has 1 heterocycles. The van der Waals surface area contributed by atoms with E-state index in [2.05, 4.69) is 0 Å². The van der Waals surface area contributed by atoms with Crippen LogP contribution in [0.3, 0.4) is 0 Å². The van der Waals surface area contributed by atoms with Gasteiger partial charge < -0.3 is 24.4 Å². The molecule has 0 aromatic heterocycles. The number of aliphatic carboxylic acids is 1. The van der Waals surface area contributed by atoms with E-state index in [1.165, 1.54) is 4.90 Å². The molecule has 2 atom stereocenters. The Morgan fingerprint density at radius 3 is 2.35 bits per heavy atom. The number of rotatable bonds is 6. The normalized spacial score (nSPS) is 19.1. The SMILES string of the molecule is CC(C)N(C(=O)OCc1ccccc1)[C@@H]1CCC(CC(=O)O)N(C(=O)OC(C)(C)C)C1. The van der Waals surface area contributed by atoms with E-state index < -0.39 is 29.8 Å². The number of piperidine rings is 1. The monoisotopic (exact) mass is 434 g/mol. The highest BCUT2D eigenvalue weighted by molar-refractivity contribution is 5.73. The number of amides is 2. The van der Waals surface area contributed by atoms with E-state index >= 15 is 0 Å². The number of nitrogens with zero attached hydrogens (tertiary/aromatic N) is 2. The molecule has 1 fully saturated rings. The van der Waals surface area contributed by atoms with Crippen LogP contribution >= 0.6 is 0 Å². The first kappa shape index (κ1) is 24.5. The fourth-order valence-electron chi connectivity index (χ4n) is 3.77. The number of carboxylic acids is 1. The van der Waals surface area contributed by atoms with Crippen LogP contribution in [0.1, 0.15) is 59.4 Å². The maximum Gasteiger partial charge on any atom is 0.410 e. The number of hydrogen-bond donors (Lipinski definition) is 1. The molecule has 8 nitrogen and oxygen atoms in total. The molecule has 0 aliphatic carbocycles. The van der Waals surface area contributed by atoms with Gasteiger partial charge in [-0.2, -0.15) is 0 Å². The second kappa shape index (κ2) is 10.5. The smallest absolute Gasteiger partial charge is 0.410 e. The van der Waals surface area contributed by atoms with Crippen molar-refractivity contribution in [2.75, 3.05) is 6.54 Å². The lowest BCUT2D eigenvalue weighted by atomic mass is 9.95. The molecule has 1 aliphatic heterocycles. The van der Waals surface area contributed by atoms with Crippen LogP contribution in [-0.2, 0) is 20.9 Å². The van der Waals surface area contributed by atoms with Crippen LogP contribution in [0.2, 0.25) is 0 Å². The average Bonchev–Trinajstić information content (AvgIpc) is 2.66. The van der Waals surface area contributed by atoms with Gasteiger partial charge in [-0.15, -0.1) is 0 Å². The molecular weight excluding hydrogens is 400 g/mol. The first-order valence-electron chi connectivity index (χ1n) is 10.7. The molecule has 2 rings (SSSR count). The van der Waals surface area contributed by atoms with Gasteiger partial charge in [0.2, 0.25) is 0 Å². The molecule has 1 aromatic rings. The Balaban J connectivity index is 2.14. The molecule has 1 N–H and O–H groups in total. The number of likely N-dealkylation sites (tertiary alicyclic amines) is 1. The predicted octanol–water partition coefficient (Wildman–Crippen LogP) is 4.28. The minimum absolute atomic E-state index is 0.148. The van der Waals surface area contributed by atoms with E-state index in [1.807, 2.05) is 44.2 Å². The first-order valence-corrected chi connectivity index (χ1v) is 10.7. The molecule has 172 valence electrons. The summed E-state index contributed by atoms with van der Waals surface area (Å²) < 4.78 is 11.0. The molecular formula is C23H34N2O6. The minimum Gasteiger partial charge on any atom is -0.481 e. The van der Waals surface area contributed by atoms with Crippen molar-refractivity contribution in [1.82, 2.24) is 9.80 Å². The summed E-state index contributed by atoms with van der Waals surface area (Å²) in [5.74, 6) is -0.972. The molecule has 0 saturated carbocycles. The maximum absolute atomic E-state index is 12.9. The lowest BCUT2D eigenvalue weighted by Crippen LogP contribution is -2.57. The Hall–Kier alpha value is -2.77. The summed E-state index contributed by atoms with van der Waals surface area (Å²) in [5.41, 5.74) is 0.185. The third-order valence-electron chi connectivity index (χ3n) is 5.09. The van der Waals surface area contributed by atoms with E-state index in [9.17, 15) is 19.5 Å². The highest BCUT2D eigenvalue weighted by atomic mass is 16.6. The first-order chi connectivity index (χ1) is 14.5. The molecule has 1 saturated heterocycles. The molecule has 2 amide bonds. The van der Waals surface area contributed by atoms with Crippen molar-refractivity contribution in [1.29, 1.82) is 0 Å². The molecule has 0 bridgehead atoms. The highest BCUT2D eigenvalue weighted by Crippen LogP contribution is 2.27. The number of benzene rings is 1. The third kappa shape index (κ3) is 7.45. The summed E-state index contributed by atoms with van der Waals surface area (Å²) in [6, 6.07) is 8.51. The van der Waals surface area contributed by atoms with Gasteiger partial charge in [-0.25, -0.2) is 9.59 Å². The predicted molar refractivity (Wildman–Crippen MR) is 116 cm³/mol.